The lowest BCUT2D eigenvalue weighted by Crippen LogP contribution is -2.51. The van der Waals surface area contributed by atoms with Gasteiger partial charge in [-0.1, -0.05) is 12.1 Å². The first-order valence-corrected chi connectivity index (χ1v) is 8.46. The highest BCUT2D eigenvalue weighted by molar-refractivity contribution is 5.76. The molecule has 1 aliphatic heterocycles. The van der Waals surface area contributed by atoms with Gasteiger partial charge in [0.1, 0.15) is 12.4 Å². The zero-order chi connectivity index (χ0) is 17.1. The molecular weight excluding hydrogens is 311 g/mol. The van der Waals surface area contributed by atoms with Gasteiger partial charge in [-0.05, 0) is 30.5 Å². The maximum absolute atomic E-state index is 13.1. The highest BCUT2D eigenvalue weighted by atomic mass is 19.1. The summed E-state index contributed by atoms with van der Waals surface area (Å²) in [6.45, 7) is 2.40. The number of amides is 1. The van der Waals surface area contributed by atoms with E-state index in [2.05, 4.69) is 4.90 Å². The second kappa shape index (κ2) is 7.59. The number of carbonyl (C=O) groups is 1. The average molecular weight is 336 g/mol. The van der Waals surface area contributed by atoms with Gasteiger partial charge >= 0.3 is 0 Å². The molecule has 0 N–H and O–H groups in total. The minimum Gasteiger partial charge on any atom is -0.373 e. The molecule has 24 heavy (non-hydrogen) atoms. The molecule has 0 spiro atoms. The maximum atomic E-state index is 13.1. The van der Waals surface area contributed by atoms with Crippen molar-refractivity contribution in [1.82, 2.24) is 9.80 Å². The standard InChI is InChI=1S/C18H25FN2O3/c1-20(2)17(22)12-24-16-8-7-15-18(16)23-10-9-21(15)11-13-3-5-14(19)6-4-13/h3-6,15-16,18H,7-12H2,1-2H3/t15-,16+,18+/m0/s1. The van der Waals surface area contributed by atoms with Gasteiger partial charge in [0.25, 0.3) is 0 Å². The number of rotatable bonds is 5. The van der Waals surface area contributed by atoms with E-state index in [0.29, 0.717) is 12.6 Å². The van der Waals surface area contributed by atoms with Crippen LogP contribution in [0.15, 0.2) is 24.3 Å². The van der Waals surface area contributed by atoms with Crippen molar-refractivity contribution >= 4 is 5.91 Å². The van der Waals surface area contributed by atoms with Gasteiger partial charge in [-0.15, -0.1) is 0 Å². The second-order valence-corrected chi connectivity index (χ2v) is 6.71. The van der Waals surface area contributed by atoms with Gasteiger partial charge in [-0.2, -0.15) is 0 Å². The van der Waals surface area contributed by atoms with E-state index in [1.807, 2.05) is 12.1 Å². The molecule has 3 rings (SSSR count). The first-order chi connectivity index (χ1) is 11.5. The first kappa shape index (κ1) is 17.3. The topological polar surface area (TPSA) is 42.0 Å². The monoisotopic (exact) mass is 336 g/mol. The molecule has 1 aromatic rings. The number of carbonyl (C=O) groups excluding carboxylic acids is 1. The molecule has 0 radical (unpaired) electrons. The number of ether oxygens (including phenoxy) is 2. The quantitative estimate of drug-likeness (QED) is 0.820. The fourth-order valence-corrected chi connectivity index (χ4v) is 3.50. The molecule has 2 aliphatic rings. The third-order valence-electron chi connectivity index (χ3n) is 4.87. The summed E-state index contributed by atoms with van der Waals surface area (Å²) in [5.74, 6) is -0.240. The van der Waals surface area contributed by atoms with Crippen LogP contribution >= 0.6 is 0 Å². The van der Waals surface area contributed by atoms with Crippen LogP contribution in [-0.4, -0.2) is 67.8 Å². The van der Waals surface area contributed by atoms with Gasteiger partial charge in [0.05, 0.1) is 18.8 Å². The SMILES string of the molecule is CN(C)C(=O)CO[C@@H]1CC[C@H]2[C@H]1OCCN2Cc1ccc(F)cc1. The molecule has 6 heteroatoms. The molecule has 1 amide bonds. The summed E-state index contributed by atoms with van der Waals surface area (Å²) in [6.07, 6.45) is 1.87. The Morgan fingerprint density at radius 1 is 1.33 bits per heavy atom. The van der Waals surface area contributed by atoms with Crippen molar-refractivity contribution in [3.05, 3.63) is 35.6 Å². The molecule has 3 atom stereocenters. The number of halogens is 1. The molecule has 5 nitrogen and oxygen atoms in total. The smallest absolute Gasteiger partial charge is 0.248 e. The van der Waals surface area contributed by atoms with E-state index < -0.39 is 0 Å². The number of fused-ring (bicyclic) bond motifs is 1. The highest BCUT2D eigenvalue weighted by Crippen LogP contribution is 2.33. The van der Waals surface area contributed by atoms with Crippen LogP contribution in [0.25, 0.3) is 0 Å². The van der Waals surface area contributed by atoms with E-state index in [9.17, 15) is 9.18 Å². The molecule has 1 saturated carbocycles. The minimum absolute atomic E-state index is 0.00848. The summed E-state index contributed by atoms with van der Waals surface area (Å²) < 4.78 is 24.8. The molecular formula is C18H25FN2O3. The Balaban J connectivity index is 1.58. The van der Waals surface area contributed by atoms with Crippen LogP contribution in [0.1, 0.15) is 18.4 Å². The normalized spacial score (nSPS) is 27.0. The Morgan fingerprint density at radius 3 is 2.79 bits per heavy atom. The zero-order valence-electron chi connectivity index (χ0n) is 14.3. The Bertz CT molecular complexity index is 564. The number of benzene rings is 1. The molecule has 1 aromatic carbocycles. The number of morpholine rings is 1. The van der Waals surface area contributed by atoms with Crippen molar-refractivity contribution < 1.29 is 18.7 Å². The predicted molar refractivity (Wildman–Crippen MR) is 88.0 cm³/mol. The molecule has 2 fully saturated rings. The fraction of sp³-hybridized carbons (Fsp3) is 0.611. The van der Waals surface area contributed by atoms with Crippen LogP contribution in [-0.2, 0) is 20.8 Å². The van der Waals surface area contributed by atoms with E-state index in [1.54, 1.807) is 14.1 Å². The van der Waals surface area contributed by atoms with E-state index >= 15 is 0 Å². The number of hydrogen-bond acceptors (Lipinski definition) is 4. The van der Waals surface area contributed by atoms with Gasteiger partial charge in [-0.25, -0.2) is 4.39 Å². The third kappa shape index (κ3) is 3.94. The van der Waals surface area contributed by atoms with Crippen molar-refractivity contribution in [3.8, 4) is 0 Å². The van der Waals surface area contributed by atoms with Crippen LogP contribution < -0.4 is 0 Å². The lowest BCUT2D eigenvalue weighted by atomic mass is 10.1. The Hall–Kier alpha value is -1.50. The van der Waals surface area contributed by atoms with Gasteiger partial charge in [0.15, 0.2) is 0 Å². The first-order valence-electron chi connectivity index (χ1n) is 8.46. The van der Waals surface area contributed by atoms with Crippen molar-refractivity contribution in [2.24, 2.45) is 0 Å². The maximum Gasteiger partial charge on any atom is 0.248 e. The molecule has 1 heterocycles. The minimum atomic E-state index is -0.210. The average Bonchev–Trinajstić information content (AvgIpc) is 2.99. The lowest BCUT2D eigenvalue weighted by molar-refractivity contribution is -0.144. The molecule has 0 unspecified atom stereocenters. The Kier molecular flexibility index (Phi) is 5.48. The van der Waals surface area contributed by atoms with Crippen molar-refractivity contribution in [2.75, 3.05) is 33.9 Å². The molecule has 1 aliphatic carbocycles. The summed E-state index contributed by atoms with van der Waals surface area (Å²) in [5.41, 5.74) is 1.10. The van der Waals surface area contributed by atoms with Crippen LogP contribution in [0.3, 0.4) is 0 Å². The Labute approximate surface area is 142 Å². The second-order valence-electron chi connectivity index (χ2n) is 6.71. The largest absolute Gasteiger partial charge is 0.373 e. The van der Waals surface area contributed by atoms with Crippen molar-refractivity contribution in [3.63, 3.8) is 0 Å². The summed E-state index contributed by atoms with van der Waals surface area (Å²) in [4.78, 5) is 15.6. The number of hydrogen-bond donors (Lipinski definition) is 0. The zero-order valence-corrected chi connectivity index (χ0v) is 14.3. The van der Waals surface area contributed by atoms with Crippen molar-refractivity contribution in [1.29, 1.82) is 0 Å². The van der Waals surface area contributed by atoms with Gasteiger partial charge < -0.3 is 14.4 Å². The summed E-state index contributed by atoms with van der Waals surface area (Å²) in [5, 5.41) is 0. The molecule has 0 aromatic heterocycles. The summed E-state index contributed by atoms with van der Waals surface area (Å²) >= 11 is 0. The third-order valence-corrected chi connectivity index (χ3v) is 4.87. The predicted octanol–water partition coefficient (Wildman–Crippen LogP) is 1.66. The summed E-state index contributed by atoms with van der Waals surface area (Å²) in [6, 6.07) is 6.96. The number of nitrogens with zero attached hydrogens (tertiary/aromatic N) is 2. The van der Waals surface area contributed by atoms with Crippen molar-refractivity contribution in [2.45, 2.75) is 37.6 Å². The molecule has 0 bridgehead atoms. The van der Waals surface area contributed by atoms with Crippen LogP contribution in [0.2, 0.25) is 0 Å². The van der Waals surface area contributed by atoms with E-state index in [-0.39, 0.29) is 30.5 Å². The molecule has 1 saturated heterocycles. The molecule has 132 valence electrons. The lowest BCUT2D eigenvalue weighted by Gasteiger charge is -2.39. The fourth-order valence-electron chi connectivity index (χ4n) is 3.50. The van der Waals surface area contributed by atoms with Gasteiger partial charge in [0, 0.05) is 33.2 Å². The summed E-state index contributed by atoms with van der Waals surface area (Å²) in [7, 11) is 3.45. The van der Waals surface area contributed by atoms with E-state index in [1.165, 1.54) is 17.0 Å². The van der Waals surface area contributed by atoms with E-state index in [4.69, 9.17) is 9.47 Å². The van der Waals surface area contributed by atoms with E-state index in [0.717, 1.165) is 31.5 Å². The van der Waals surface area contributed by atoms with Crippen LogP contribution in [0.5, 0.6) is 0 Å². The van der Waals surface area contributed by atoms with Gasteiger partial charge in [0.2, 0.25) is 5.91 Å². The highest BCUT2D eigenvalue weighted by Gasteiger charge is 2.43. The van der Waals surface area contributed by atoms with Crippen LogP contribution in [0, 0.1) is 5.82 Å². The Morgan fingerprint density at radius 2 is 2.08 bits per heavy atom. The van der Waals surface area contributed by atoms with Crippen LogP contribution in [0.4, 0.5) is 4.39 Å². The number of likely N-dealkylation sites (N-methyl/N-ethyl adjacent to an activating group) is 1. The van der Waals surface area contributed by atoms with Gasteiger partial charge in [-0.3, -0.25) is 9.69 Å².